The Morgan fingerprint density at radius 2 is 2.19 bits per heavy atom. The standard InChI is InChI=1S/C17H21N3O/c1-11-7-8-12(16(21)18-11)14-10-20-9-5-6-13(15(20)19-14)17(2,3)4/h5-6,9-10,12H,1,7-8H2,2-4H3,(H,18,21). The molecule has 1 atom stereocenters. The number of piperidine rings is 1. The lowest BCUT2D eigenvalue weighted by atomic mass is 9.88. The predicted molar refractivity (Wildman–Crippen MR) is 83.1 cm³/mol. The maximum Gasteiger partial charge on any atom is 0.233 e. The highest BCUT2D eigenvalue weighted by Crippen LogP contribution is 2.30. The van der Waals surface area contributed by atoms with E-state index in [0.717, 1.165) is 29.9 Å². The Balaban J connectivity index is 2.06. The largest absolute Gasteiger partial charge is 0.330 e. The van der Waals surface area contributed by atoms with Gasteiger partial charge in [-0.05, 0) is 24.3 Å². The molecule has 110 valence electrons. The zero-order valence-electron chi connectivity index (χ0n) is 12.8. The second kappa shape index (κ2) is 4.72. The van der Waals surface area contributed by atoms with Crippen molar-refractivity contribution in [2.24, 2.45) is 0 Å². The van der Waals surface area contributed by atoms with E-state index < -0.39 is 0 Å². The number of fused-ring (bicyclic) bond motifs is 1. The molecule has 21 heavy (non-hydrogen) atoms. The number of allylic oxidation sites excluding steroid dienone is 1. The maximum atomic E-state index is 12.1. The Morgan fingerprint density at radius 1 is 1.43 bits per heavy atom. The minimum absolute atomic E-state index is 0.00645. The fraction of sp³-hybridized carbons (Fsp3) is 0.412. The maximum absolute atomic E-state index is 12.1. The summed E-state index contributed by atoms with van der Waals surface area (Å²) in [6.07, 6.45) is 5.56. The Kier molecular flexibility index (Phi) is 3.12. The van der Waals surface area contributed by atoms with Crippen LogP contribution < -0.4 is 5.32 Å². The van der Waals surface area contributed by atoms with Crippen molar-refractivity contribution in [2.75, 3.05) is 0 Å². The molecular formula is C17H21N3O. The molecule has 1 aliphatic rings. The van der Waals surface area contributed by atoms with Gasteiger partial charge in [-0.25, -0.2) is 4.98 Å². The summed E-state index contributed by atoms with van der Waals surface area (Å²) in [5.41, 5.74) is 3.80. The van der Waals surface area contributed by atoms with Crippen LogP contribution in [0, 0.1) is 0 Å². The van der Waals surface area contributed by atoms with Crippen LogP contribution in [-0.4, -0.2) is 15.3 Å². The van der Waals surface area contributed by atoms with Gasteiger partial charge in [0.05, 0.1) is 11.6 Å². The molecule has 1 amide bonds. The van der Waals surface area contributed by atoms with Crippen molar-refractivity contribution < 1.29 is 4.79 Å². The Labute approximate surface area is 124 Å². The van der Waals surface area contributed by atoms with Crippen LogP contribution >= 0.6 is 0 Å². The molecule has 0 radical (unpaired) electrons. The van der Waals surface area contributed by atoms with Gasteiger partial charge in [-0.15, -0.1) is 0 Å². The van der Waals surface area contributed by atoms with Gasteiger partial charge in [0.1, 0.15) is 5.65 Å². The van der Waals surface area contributed by atoms with E-state index >= 15 is 0 Å². The van der Waals surface area contributed by atoms with Gasteiger partial charge < -0.3 is 9.72 Å². The van der Waals surface area contributed by atoms with Gasteiger partial charge in [-0.3, -0.25) is 4.79 Å². The Hall–Kier alpha value is -2.10. The third-order valence-electron chi connectivity index (χ3n) is 4.02. The molecule has 0 saturated carbocycles. The summed E-state index contributed by atoms with van der Waals surface area (Å²) in [7, 11) is 0. The molecule has 0 bridgehead atoms. The van der Waals surface area contributed by atoms with Crippen molar-refractivity contribution in [3.63, 3.8) is 0 Å². The molecule has 0 aliphatic carbocycles. The van der Waals surface area contributed by atoms with E-state index in [1.807, 2.05) is 22.9 Å². The van der Waals surface area contributed by atoms with Crippen molar-refractivity contribution in [3.05, 3.63) is 48.1 Å². The van der Waals surface area contributed by atoms with Crippen LogP contribution in [0.25, 0.3) is 5.65 Å². The van der Waals surface area contributed by atoms with Crippen LogP contribution in [0.15, 0.2) is 36.8 Å². The quantitative estimate of drug-likeness (QED) is 0.874. The first-order chi connectivity index (χ1) is 9.86. The van der Waals surface area contributed by atoms with E-state index in [2.05, 4.69) is 38.7 Å². The first kappa shape index (κ1) is 13.9. The predicted octanol–water partition coefficient (Wildman–Crippen LogP) is 3.14. The number of hydrogen-bond donors (Lipinski definition) is 1. The van der Waals surface area contributed by atoms with Gasteiger partial charge in [0.15, 0.2) is 0 Å². The first-order valence-electron chi connectivity index (χ1n) is 7.33. The van der Waals surface area contributed by atoms with Crippen LogP contribution in [-0.2, 0) is 10.2 Å². The second-order valence-corrected chi connectivity index (χ2v) is 6.75. The number of carbonyl (C=O) groups is 1. The van der Waals surface area contributed by atoms with E-state index in [1.54, 1.807) is 0 Å². The van der Waals surface area contributed by atoms with E-state index in [0.29, 0.717) is 0 Å². The van der Waals surface area contributed by atoms with Crippen LogP contribution in [0.4, 0.5) is 0 Å². The SMILES string of the molecule is C=C1CCC(c2cn3cccc(C(C)(C)C)c3n2)C(=O)N1. The normalized spacial score (nSPS) is 19.9. The number of imidazole rings is 1. The zero-order chi connectivity index (χ0) is 15.2. The molecule has 1 aliphatic heterocycles. The summed E-state index contributed by atoms with van der Waals surface area (Å²) in [6.45, 7) is 10.3. The van der Waals surface area contributed by atoms with Crippen LogP contribution in [0.1, 0.15) is 50.8 Å². The molecule has 3 heterocycles. The Morgan fingerprint density at radius 3 is 2.86 bits per heavy atom. The van der Waals surface area contributed by atoms with Gasteiger partial charge in [0.25, 0.3) is 0 Å². The smallest absolute Gasteiger partial charge is 0.233 e. The van der Waals surface area contributed by atoms with Gasteiger partial charge in [0, 0.05) is 23.7 Å². The van der Waals surface area contributed by atoms with Gasteiger partial charge in [-0.2, -0.15) is 0 Å². The number of nitrogens with one attached hydrogen (secondary N) is 1. The highest BCUT2D eigenvalue weighted by molar-refractivity contribution is 5.85. The molecule has 1 unspecified atom stereocenters. The molecule has 4 heteroatoms. The summed E-state index contributed by atoms with van der Waals surface area (Å²) in [4.78, 5) is 16.9. The molecule has 1 fully saturated rings. The molecule has 2 aromatic heterocycles. The molecule has 0 aromatic carbocycles. The number of nitrogens with zero attached hydrogens (tertiary/aromatic N) is 2. The minimum Gasteiger partial charge on any atom is -0.330 e. The lowest BCUT2D eigenvalue weighted by Gasteiger charge is -2.21. The second-order valence-electron chi connectivity index (χ2n) is 6.75. The number of rotatable bonds is 1. The van der Waals surface area contributed by atoms with Crippen molar-refractivity contribution in [3.8, 4) is 0 Å². The van der Waals surface area contributed by atoms with Crippen LogP contribution in [0.2, 0.25) is 0 Å². The monoisotopic (exact) mass is 283 g/mol. The number of aromatic nitrogens is 2. The molecule has 1 saturated heterocycles. The summed E-state index contributed by atoms with van der Waals surface area (Å²) in [6, 6.07) is 4.14. The highest BCUT2D eigenvalue weighted by atomic mass is 16.2. The van der Waals surface area contributed by atoms with Crippen molar-refractivity contribution in [1.29, 1.82) is 0 Å². The summed E-state index contributed by atoms with van der Waals surface area (Å²) < 4.78 is 2.02. The van der Waals surface area contributed by atoms with Gasteiger partial charge in [0.2, 0.25) is 5.91 Å². The average Bonchev–Trinajstić information content (AvgIpc) is 2.80. The minimum atomic E-state index is -0.178. The molecule has 3 rings (SSSR count). The first-order valence-corrected chi connectivity index (χ1v) is 7.33. The summed E-state index contributed by atoms with van der Waals surface area (Å²) in [5, 5.41) is 2.83. The summed E-state index contributed by atoms with van der Waals surface area (Å²) >= 11 is 0. The van der Waals surface area contributed by atoms with Gasteiger partial charge >= 0.3 is 0 Å². The zero-order valence-corrected chi connectivity index (χ0v) is 12.8. The average molecular weight is 283 g/mol. The molecule has 1 N–H and O–H groups in total. The number of pyridine rings is 1. The van der Waals surface area contributed by atoms with E-state index in [-0.39, 0.29) is 17.2 Å². The molecule has 0 spiro atoms. The fourth-order valence-corrected chi connectivity index (χ4v) is 2.84. The van der Waals surface area contributed by atoms with E-state index in [9.17, 15) is 4.79 Å². The molecule has 4 nitrogen and oxygen atoms in total. The number of amides is 1. The number of carbonyl (C=O) groups excluding carboxylic acids is 1. The lowest BCUT2D eigenvalue weighted by molar-refractivity contribution is -0.122. The molecular weight excluding hydrogens is 262 g/mol. The van der Waals surface area contributed by atoms with Crippen molar-refractivity contribution >= 4 is 11.6 Å². The Bertz CT molecular complexity index is 721. The van der Waals surface area contributed by atoms with Crippen molar-refractivity contribution in [1.82, 2.24) is 14.7 Å². The van der Waals surface area contributed by atoms with Crippen LogP contribution in [0.5, 0.6) is 0 Å². The van der Waals surface area contributed by atoms with E-state index in [1.165, 1.54) is 5.56 Å². The van der Waals surface area contributed by atoms with E-state index in [4.69, 9.17) is 4.98 Å². The third kappa shape index (κ3) is 2.46. The topological polar surface area (TPSA) is 46.4 Å². The van der Waals surface area contributed by atoms with Crippen molar-refractivity contribution in [2.45, 2.75) is 44.9 Å². The summed E-state index contributed by atoms with van der Waals surface area (Å²) in [5.74, 6) is -0.171. The molecule has 2 aromatic rings. The lowest BCUT2D eigenvalue weighted by Crippen LogP contribution is -2.33. The van der Waals surface area contributed by atoms with Crippen LogP contribution in [0.3, 0.4) is 0 Å². The third-order valence-corrected chi connectivity index (χ3v) is 4.02. The van der Waals surface area contributed by atoms with Gasteiger partial charge in [-0.1, -0.05) is 33.4 Å². The highest BCUT2D eigenvalue weighted by Gasteiger charge is 2.28. The number of hydrogen-bond acceptors (Lipinski definition) is 2. The fourth-order valence-electron chi connectivity index (χ4n) is 2.84.